The highest BCUT2D eigenvalue weighted by atomic mass is 16.5. The molecule has 0 saturated carbocycles. The highest BCUT2D eigenvalue weighted by Gasteiger charge is 2.27. The first-order valence-corrected chi connectivity index (χ1v) is 10.0. The molecule has 0 radical (unpaired) electrons. The maximum atomic E-state index is 12.8. The first kappa shape index (κ1) is 23.2. The zero-order chi connectivity index (χ0) is 22.3. The fraction of sp³-hybridized carbons (Fsp3) is 0.360. The molecule has 0 heterocycles. The van der Waals surface area contributed by atoms with Gasteiger partial charge in [-0.15, -0.1) is 0 Å². The van der Waals surface area contributed by atoms with Crippen LogP contribution in [0.1, 0.15) is 62.0 Å². The van der Waals surface area contributed by atoms with Gasteiger partial charge in [-0.2, -0.15) is 0 Å². The van der Waals surface area contributed by atoms with E-state index in [4.69, 9.17) is 9.47 Å². The number of phenolic OH excluding ortho intramolecular Hbond substituents is 1. The molecule has 0 aliphatic rings. The summed E-state index contributed by atoms with van der Waals surface area (Å²) in [5.41, 5.74) is 1.32. The summed E-state index contributed by atoms with van der Waals surface area (Å²) < 4.78 is 11.0. The largest absolute Gasteiger partial charge is 0.507 e. The van der Waals surface area contributed by atoms with Crippen LogP contribution in [0.2, 0.25) is 0 Å². The van der Waals surface area contributed by atoms with E-state index in [1.54, 1.807) is 43.3 Å². The SMILES string of the molecule is C=C(C)C(=O)OCCCCOc1ccc(C(=O)c2ccccc2)c(O)c1C(C)(C)C. The van der Waals surface area contributed by atoms with Gasteiger partial charge in [0.05, 0.1) is 18.8 Å². The van der Waals surface area contributed by atoms with E-state index in [0.717, 1.165) is 0 Å². The summed E-state index contributed by atoms with van der Waals surface area (Å²) in [5.74, 6) is -0.133. The first-order valence-electron chi connectivity index (χ1n) is 10.0. The van der Waals surface area contributed by atoms with Crippen LogP contribution in [-0.2, 0) is 14.9 Å². The standard InChI is InChI=1S/C25H30O5/c1-17(2)24(28)30-16-10-9-15-29-20-14-13-19(23(27)21(20)25(3,4)5)22(26)18-11-7-6-8-12-18/h6-8,11-14,27H,1,9-10,15-16H2,2-5H3. The van der Waals surface area contributed by atoms with Crippen LogP contribution in [0.4, 0.5) is 0 Å². The quantitative estimate of drug-likeness (QED) is 0.266. The number of hydrogen-bond donors (Lipinski definition) is 1. The molecule has 1 N–H and O–H groups in total. The van der Waals surface area contributed by atoms with Crippen molar-refractivity contribution in [3.8, 4) is 11.5 Å². The van der Waals surface area contributed by atoms with E-state index >= 15 is 0 Å². The summed E-state index contributed by atoms with van der Waals surface area (Å²) in [6.45, 7) is 11.7. The second-order valence-corrected chi connectivity index (χ2v) is 8.25. The minimum absolute atomic E-state index is 0.0516. The number of ketones is 1. The molecule has 2 aromatic rings. The third-order valence-electron chi connectivity index (χ3n) is 4.55. The van der Waals surface area contributed by atoms with Crippen LogP contribution in [0.15, 0.2) is 54.6 Å². The van der Waals surface area contributed by atoms with Crippen molar-refractivity contribution in [2.24, 2.45) is 0 Å². The average molecular weight is 411 g/mol. The van der Waals surface area contributed by atoms with Crippen molar-refractivity contribution in [3.05, 3.63) is 71.3 Å². The minimum Gasteiger partial charge on any atom is -0.507 e. The Bertz CT molecular complexity index is 907. The molecule has 2 rings (SSSR count). The Balaban J connectivity index is 2.11. The third kappa shape index (κ3) is 5.96. The number of ether oxygens (including phenoxy) is 2. The molecule has 160 valence electrons. The van der Waals surface area contributed by atoms with Crippen LogP contribution in [0.25, 0.3) is 0 Å². The molecule has 0 saturated heterocycles. The fourth-order valence-corrected chi connectivity index (χ4v) is 3.02. The second-order valence-electron chi connectivity index (χ2n) is 8.25. The summed E-state index contributed by atoms with van der Waals surface area (Å²) in [5, 5.41) is 10.9. The number of unbranched alkanes of at least 4 members (excludes halogenated alkanes) is 1. The van der Waals surface area contributed by atoms with Gasteiger partial charge in [-0.1, -0.05) is 57.7 Å². The molecule has 0 fully saturated rings. The highest BCUT2D eigenvalue weighted by Crippen LogP contribution is 2.41. The molecule has 2 aromatic carbocycles. The lowest BCUT2D eigenvalue weighted by Gasteiger charge is -2.25. The van der Waals surface area contributed by atoms with Crippen LogP contribution in [0, 0.1) is 0 Å². The van der Waals surface area contributed by atoms with Gasteiger partial charge >= 0.3 is 5.97 Å². The average Bonchev–Trinajstić information content (AvgIpc) is 2.69. The molecule has 0 atom stereocenters. The van der Waals surface area contributed by atoms with E-state index in [0.29, 0.717) is 48.5 Å². The zero-order valence-corrected chi connectivity index (χ0v) is 18.2. The topological polar surface area (TPSA) is 72.8 Å². The van der Waals surface area contributed by atoms with Gasteiger partial charge in [0.15, 0.2) is 5.78 Å². The number of carbonyl (C=O) groups is 2. The number of carbonyl (C=O) groups excluding carboxylic acids is 2. The number of benzene rings is 2. The van der Waals surface area contributed by atoms with Gasteiger partial charge in [0, 0.05) is 16.7 Å². The normalized spacial score (nSPS) is 11.1. The molecule has 0 unspecified atom stereocenters. The first-order chi connectivity index (χ1) is 14.1. The minimum atomic E-state index is -0.427. The molecule has 0 spiro atoms. The predicted octanol–water partition coefficient (Wildman–Crippen LogP) is 5.20. The van der Waals surface area contributed by atoms with E-state index in [9.17, 15) is 14.7 Å². The van der Waals surface area contributed by atoms with E-state index in [1.807, 2.05) is 26.8 Å². The number of aromatic hydroxyl groups is 1. The smallest absolute Gasteiger partial charge is 0.333 e. The molecule has 0 aliphatic carbocycles. The molecule has 0 aromatic heterocycles. The summed E-state index contributed by atoms with van der Waals surface area (Å²) >= 11 is 0. The van der Waals surface area contributed by atoms with Crippen LogP contribution >= 0.6 is 0 Å². The maximum Gasteiger partial charge on any atom is 0.333 e. The molecule has 0 amide bonds. The maximum absolute atomic E-state index is 12.8. The molecule has 5 heteroatoms. The van der Waals surface area contributed by atoms with Gasteiger partial charge in [0.25, 0.3) is 0 Å². The number of esters is 1. The van der Waals surface area contributed by atoms with Crippen molar-refractivity contribution in [2.75, 3.05) is 13.2 Å². The molecule has 0 aliphatic heterocycles. The van der Waals surface area contributed by atoms with Gasteiger partial charge in [-0.25, -0.2) is 4.79 Å². The Morgan fingerprint density at radius 1 is 1.00 bits per heavy atom. The predicted molar refractivity (Wildman–Crippen MR) is 117 cm³/mol. The zero-order valence-electron chi connectivity index (χ0n) is 18.2. The summed E-state index contributed by atoms with van der Waals surface area (Å²) in [4.78, 5) is 24.2. The van der Waals surface area contributed by atoms with Crippen LogP contribution in [-0.4, -0.2) is 30.1 Å². The monoisotopic (exact) mass is 410 g/mol. The second kappa shape index (κ2) is 10.1. The molecule has 5 nitrogen and oxygen atoms in total. The summed E-state index contributed by atoms with van der Waals surface area (Å²) in [6, 6.07) is 12.2. The fourth-order valence-electron chi connectivity index (χ4n) is 3.02. The Morgan fingerprint density at radius 2 is 1.63 bits per heavy atom. The molecule has 30 heavy (non-hydrogen) atoms. The molecular weight excluding hydrogens is 380 g/mol. The summed E-state index contributed by atoms with van der Waals surface area (Å²) in [7, 11) is 0. The Kier molecular flexibility index (Phi) is 7.81. The van der Waals surface area contributed by atoms with Crippen molar-refractivity contribution in [3.63, 3.8) is 0 Å². The van der Waals surface area contributed by atoms with E-state index < -0.39 is 11.4 Å². The van der Waals surface area contributed by atoms with E-state index in [-0.39, 0.29) is 17.1 Å². The lowest BCUT2D eigenvalue weighted by molar-refractivity contribution is -0.139. The van der Waals surface area contributed by atoms with E-state index in [2.05, 4.69) is 6.58 Å². The third-order valence-corrected chi connectivity index (χ3v) is 4.55. The van der Waals surface area contributed by atoms with Gasteiger partial charge in [0.1, 0.15) is 11.5 Å². The Hall–Kier alpha value is -3.08. The van der Waals surface area contributed by atoms with Gasteiger partial charge in [0.2, 0.25) is 0 Å². The lowest BCUT2D eigenvalue weighted by Crippen LogP contribution is -2.16. The van der Waals surface area contributed by atoms with Crippen molar-refractivity contribution < 1.29 is 24.2 Å². The van der Waals surface area contributed by atoms with E-state index in [1.165, 1.54) is 0 Å². The molecule has 0 bridgehead atoms. The van der Waals surface area contributed by atoms with Crippen LogP contribution in [0.3, 0.4) is 0 Å². The Labute approximate surface area is 178 Å². The molecular formula is C25H30O5. The van der Waals surface area contributed by atoms with Crippen molar-refractivity contribution >= 4 is 11.8 Å². The van der Waals surface area contributed by atoms with Gasteiger partial charge in [-0.3, -0.25) is 4.79 Å². The van der Waals surface area contributed by atoms with Crippen molar-refractivity contribution in [1.82, 2.24) is 0 Å². The number of phenols is 1. The van der Waals surface area contributed by atoms with Crippen molar-refractivity contribution in [1.29, 1.82) is 0 Å². The lowest BCUT2D eigenvalue weighted by atomic mass is 9.83. The van der Waals surface area contributed by atoms with Gasteiger partial charge in [-0.05, 0) is 37.3 Å². The Morgan fingerprint density at radius 3 is 2.23 bits per heavy atom. The van der Waals surface area contributed by atoms with Crippen LogP contribution in [0.5, 0.6) is 11.5 Å². The summed E-state index contributed by atoms with van der Waals surface area (Å²) in [6.07, 6.45) is 1.33. The number of hydrogen-bond acceptors (Lipinski definition) is 5. The highest BCUT2D eigenvalue weighted by molar-refractivity contribution is 6.11. The van der Waals surface area contributed by atoms with Gasteiger partial charge < -0.3 is 14.6 Å². The number of rotatable bonds is 9. The van der Waals surface area contributed by atoms with Crippen LogP contribution < -0.4 is 4.74 Å². The van der Waals surface area contributed by atoms with Crippen molar-refractivity contribution in [2.45, 2.75) is 46.0 Å².